The lowest BCUT2D eigenvalue weighted by atomic mass is 9.89. The summed E-state index contributed by atoms with van der Waals surface area (Å²) < 4.78 is 0. The SMILES string of the molecule is CC1(c2ccccc2)Cc2cc(C(=O)O)cnc2N1. The predicted octanol–water partition coefficient (Wildman–Crippen LogP) is 2.66. The van der Waals surface area contributed by atoms with Crippen molar-refractivity contribution in [3.05, 3.63) is 59.3 Å². The molecule has 0 spiro atoms. The van der Waals surface area contributed by atoms with Gasteiger partial charge in [0.25, 0.3) is 0 Å². The number of carboxylic acid groups (broad SMARTS) is 1. The van der Waals surface area contributed by atoms with Gasteiger partial charge in [-0.3, -0.25) is 0 Å². The molecule has 0 fully saturated rings. The number of rotatable bonds is 2. The van der Waals surface area contributed by atoms with Crippen LogP contribution < -0.4 is 5.32 Å². The van der Waals surface area contributed by atoms with Gasteiger partial charge in [-0.2, -0.15) is 0 Å². The highest BCUT2D eigenvalue weighted by atomic mass is 16.4. The van der Waals surface area contributed by atoms with Gasteiger partial charge in [0, 0.05) is 12.6 Å². The largest absolute Gasteiger partial charge is 0.478 e. The zero-order valence-electron chi connectivity index (χ0n) is 10.6. The minimum absolute atomic E-state index is 0.228. The van der Waals surface area contributed by atoms with Gasteiger partial charge in [0.1, 0.15) is 5.82 Å². The number of anilines is 1. The van der Waals surface area contributed by atoms with Crippen LogP contribution in [0.2, 0.25) is 0 Å². The molecule has 0 saturated carbocycles. The number of aromatic carboxylic acids is 1. The number of nitrogens with zero attached hydrogens (tertiary/aromatic N) is 1. The van der Waals surface area contributed by atoms with E-state index in [-0.39, 0.29) is 11.1 Å². The van der Waals surface area contributed by atoms with E-state index in [4.69, 9.17) is 5.11 Å². The number of carbonyl (C=O) groups is 1. The summed E-state index contributed by atoms with van der Waals surface area (Å²) in [6, 6.07) is 11.8. The minimum Gasteiger partial charge on any atom is -0.478 e. The summed E-state index contributed by atoms with van der Waals surface area (Å²) >= 11 is 0. The molecule has 2 heterocycles. The maximum absolute atomic E-state index is 11.0. The van der Waals surface area contributed by atoms with E-state index in [1.807, 2.05) is 18.2 Å². The monoisotopic (exact) mass is 254 g/mol. The Morgan fingerprint density at radius 2 is 2.11 bits per heavy atom. The van der Waals surface area contributed by atoms with E-state index in [1.54, 1.807) is 6.07 Å². The first-order valence-corrected chi connectivity index (χ1v) is 6.14. The first-order chi connectivity index (χ1) is 9.08. The van der Waals surface area contributed by atoms with Crippen LogP contribution in [0.1, 0.15) is 28.4 Å². The lowest BCUT2D eigenvalue weighted by Gasteiger charge is -2.25. The Hall–Kier alpha value is -2.36. The Labute approximate surface area is 111 Å². The van der Waals surface area contributed by atoms with Gasteiger partial charge in [0.05, 0.1) is 11.1 Å². The minimum atomic E-state index is -0.941. The highest BCUT2D eigenvalue weighted by molar-refractivity contribution is 5.88. The molecule has 0 bridgehead atoms. The molecule has 2 aromatic rings. The van der Waals surface area contributed by atoms with Crippen molar-refractivity contribution in [1.29, 1.82) is 0 Å². The third-order valence-electron chi connectivity index (χ3n) is 3.56. The third kappa shape index (κ3) is 1.95. The molecule has 4 heteroatoms. The Morgan fingerprint density at radius 3 is 2.79 bits per heavy atom. The van der Waals surface area contributed by atoms with Crippen molar-refractivity contribution in [1.82, 2.24) is 4.98 Å². The van der Waals surface area contributed by atoms with Crippen LogP contribution in [-0.2, 0) is 12.0 Å². The highest BCUT2D eigenvalue weighted by Gasteiger charge is 2.34. The summed E-state index contributed by atoms with van der Waals surface area (Å²) in [5, 5.41) is 12.4. The molecule has 1 aromatic carbocycles. The molecular formula is C15H14N2O2. The molecule has 1 aliphatic heterocycles. The van der Waals surface area contributed by atoms with E-state index in [1.165, 1.54) is 11.8 Å². The van der Waals surface area contributed by atoms with Crippen molar-refractivity contribution in [2.75, 3.05) is 5.32 Å². The molecule has 0 amide bonds. The predicted molar refractivity (Wildman–Crippen MR) is 72.3 cm³/mol. The lowest BCUT2D eigenvalue weighted by Crippen LogP contribution is -2.29. The van der Waals surface area contributed by atoms with Gasteiger partial charge < -0.3 is 10.4 Å². The van der Waals surface area contributed by atoms with Crippen molar-refractivity contribution >= 4 is 11.8 Å². The van der Waals surface area contributed by atoms with Gasteiger partial charge in [0.2, 0.25) is 0 Å². The molecule has 1 aliphatic rings. The topological polar surface area (TPSA) is 62.2 Å². The fraction of sp³-hybridized carbons (Fsp3) is 0.200. The van der Waals surface area contributed by atoms with Crippen molar-refractivity contribution < 1.29 is 9.90 Å². The molecule has 2 N–H and O–H groups in total. The van der Waals surface area contributed by atoms with Crippen LogP contribution in [0.3, 0.4) is 0 Å². The molecule has 1 unspecified atom stereocenters. The Bertz CT molecular complexity index is 640. The lowest BCUT2D eigenvalue weighted by molar-refractivity contribution is 0.0696. The van der Waals surface area contributed by atoms with E-state index in [2.05, 4.69) is 29.4 Å². The summed E-state index contributed by atoms with van der Waals surface area (Å²) in [6.45, 7) is 2.10. The molecule has 19 heavy (non-hydrogen) atoms. The number of benzene rings is 1. The summed E-state index contributed by atoms with van der Waals surface area (Å²) in [4.78, 5) is 15.2. The molecular weight excluding hydrogens is 240 g/mol. The Balaban J connectivity index is 1.98. The second-order valence-electron chi connectivity index (χ2n) is 5.04. The summed E-state index contributed by atoms with van der Waals surface area (Å²) in [5.74, 6) is -0.167. The average Bonchev–Trinajstić information content (AvgIpc) is 2.76. The molecule has 4 nitrogen and oxygen atoms in total. The molecule has 1 aromatic heterocycles. The van der Waals surface area contributed by atoms with Crippen LogP contribution in [0.15, 0.2) is 42.6 Å². The quantitative estimate of drug-likeness (QED) is 0.865. The first kappa shape index (κ1) is 11.7. The van der Waals surface area contributed by atoms with Gasteiger partial charge in [-0.25, -0.2) is 9.78 Å². The molecule has 3 rings (SSSR count). The molecule has 0 radical (unpaired) electrons. The van der Waals surface area contributed by atoms with E-state index < -0.39 is 5.97 Å². The van der Waals surface area contributed by atoms with E-state index in [9.17, 15) is 4.79 Å². The second-order valence-corrected chi connectivity index (χ2v) is 5.04. The van der Waals surface area contributed by atoms with Crippen LogP contribution >= 0.6 is 0 Å². The average molecular weight is 254 g/mol. The van der Waals surface area contributed by atoms with Gasteiger partial charge in [-0.1, -0.05) is 30.3 Å². The fourth-order valence-corrected chi connectivity index (χ4v) is 2.54. The summed E-state index contributed by atoms with van der Waals surface area (Å²) in [6.07, 6.45) is 2.13. The van der Waals surface area contributed by atoms with Crippen molar-refractivity contribution in [2.45, 2.75) is 18.9 Å². The standard InChI is InChI=1S/C15H14N2O2/c1-15(12-5-3-2-4-6-12)8-10-7-11(14(18)19)9-16-13(10)17-15/h2-7,9H,8H2,1H3,(H,16,17)(H,18,19). The molecule has 96 valence electrons. The van der Waals surface area contributed by atoms with Gasteiger partial charge >= 0.3 is 5.97 Å². The van der Waals surface area contributed by atoms with E-state index in [0.29, 0.717) is 0 Å². The maximum Gasteiger partial charge on any atom is 0.337 e. The van der Waals surface area contributed by atoms with Crippen LogP contribution in [0, 0.1) is 0 Å². The number of fused-ring (bicyclic) bond motifs is 1. The van der Waals surface area contributed by atoms with Gasteiger partial charge in [0.15, 0.2) is 0 Å². The molecule has 0 aliphatic carbocycles. The van der Waals surface area contributed by atoms with Crippen molar-refractivity contribution in [3.63, 3.8) is 0 Å². The first-order valence-electron chi connectivity index (χ1n) is 6.14. The van der Waals surface area contributed by atoms with Crippen LogP contribution in [0.25, 0.3) is 0 Å². The Morgan fingerprint density at radius 1 is 1.37 bits per heavy atom. The van der Waals surface area contributed by atoms with Crippen molar-refractivity contribution in [3.8, 4) is 0 Å². The van der Waals surface area contributed by atoms with Crippen molar-refractivity contribution in [2.24, 2.45) is 0 Å². The third-order valence-corrected chi connectivity index (χ3v) is 3.56. The van der Waals surface area contributed by atoms with Crippen LogP contribution in [-0.4, -0.2) is 16.1 Å². The van der Waals surface area contributed by atoms with E-state index >= 15 is 0 Å². The highest BCUT2D eigenvalue weighted by Crippen LogP contribution is 2.37. The van der Waals surface area contributed by atoms with Crippen LogP contribution in [0.5, 0.6) is 0 Å². The molecule has 1 atom stereocenters. The second kappa shape index (κ2) is 4.09. The molecule has 0 saturated heterocycles. The van der Waals surface area contributed by atoms with E-state index in [0.717, 1.165) is 17.8 Å². The Kier molecular flexibility index (Phi) is 2.52. The maximum atomic E-state index is 11.0. The summed E-state index contributed by atoms with van der Waals surface area (Å²) in [7, 11) is 0. The zero-order valence-corrected chi connectivity index (χ0v) is 10.6. The number of hydrogen-bond donors (Lipinski definition) is 2. The number of hydrogen-bond acceptors (Lipinski definition) is 3. The summed E-state index contributed by atoms with van der Waals surface area (Å²) in [5.41, 5.74) is 2.13. The van der Waals surface area contributed by atoms with Crippen LogP contribution in [0.4, 0.5) is 5.82 Å². The zero-order chi connectivity index (χ0) is 13.5. The number of pyridine rings is 1. The fourth-order valence-electron chi connectivity index (χ4n) is 2.54. The van der Waals surface area contributed by atoms with Gasteiger partial charge in [-0.05, 0) is 24.1 Å². The number of carboxylic acids is 1. The van der Waals surface area contributed by atoms with Gasteiger partial charge in [-0.15, -0.1) is 0 Å². The number of nitrogens with one attached hydrogen (secondary N) is 1. The number of aromatic nitrogens is 1. The normalized spacial score (nSPS) is 20.7. The smallest absolute Gasteiger partial charge is 0.337 e.